The highest BCUT2D eigenvalue weighted by Gasteiger charge is 2.45. The summed E-state index contributed by atoms with van der Waals surface area (Å²) in [6, 6.07) is 58.9. The highest BCUT2D eigenvalue weighted by molar-refractivity contribution is 6.15. The standard InChI is InChI=1S/C63H49NO2/c1-61(2)47-20-11-7-16-39(47)42-29-26-36(32-50(42)61)57-59-45-19-10-14-24-54(45)65-56(59)35-46-58-53(23-15-25-55(58)66-60(46)57)64(37-27-30-43-40-17-8-12-21-48(40)62(3,4)51(43)33-37)38-28-31-44-41-18-9-13-22-49(41)63(5,6)52(44)34-38/h7-35,53,58H,1-6H3. The molecule has 9 aromatic rings. The van der Waals surface area contributed by atoms with Crippen molar-refractivity contribution in [3.05, 3.63) is 221 Å². The first-order valence-electron chi connectivity index (χ1n) is 23.6. The molecule has 2 atom stereocenters. The van der Waals surface area contributed by atoms with Crippen LogP contribution in [0.2, 0.25) is 0 Å². The zero-order chi connectivity index (χ0) is 44.4. The van der Waals surface area contributed by atoms with E-state index in [1.807, 2.05) is 0 Å². The molecule has 5 aliphatic rings. The second kappa shape index (κ2) is 12.9. The maximum atomic E-state index is 7.35. The summed E-state index contributed by atoms with van der Waals surface area (Å²) < 4.78 is 14.2. The van der Waals surface area contributed by atoms with Crippen LogP contribution in [0, 0.1) is 0 Å². The van der Waals surface area contributed by atoms with Crippen molar-refractivity contribution in [3.8, 4) is 50.3 Å². The lowest BCUT2D eigenvalue weighted by molar-refractivity contribution is 0.417. The van der Waals surface area contributed by atoms with Gasteiger partial charge in [0.2, 0.25) is 0 Å². The molecule has 0 amide bonds. The van der Waals surface area contributed by atoms with Gasteiger partial charge in [0, 0.05) is 49.5 Å². The molecule has 0 spiro atoms. The zero-order valence-corrected chi connectivity index (χ0v) is 38.2. The molecule has 4 aliphatic carbocycles. The summed E-state index contributed by atoms with van der Waals surface area (Å²) in [4.78, 5) is 2.60. The van der Waals surface area contributed by atoms with Gasteiger partial charge in [-0.15, -0.1) is 0 Å². The van der Waals surface area contributed by atoms with E-state index in [-0.39, 0.29) is 28.2 Å². The first kappa shape index (κ1) is 38.0. The highest BCUT2D eigenvalue weighted by Crippen LogP contribution is 2.59. The minimum Gasteiger partial charge on any atom is -0.460 e. The van der Waals surface area contributed by atoms with E-state index in [2.05, 4.69) is 222 Å². The van der Waals surface area contributed by atoms with Crippen molar-refractivity contribution in [2.24, 2.45) is 0 Å². The molecule has 0 bridgehead atoms. The predicted molar refractivity (Wildman–Crippen MR) is 271 cm³/mol. The molecule has 66 heavy (non-hydrogen) atoms. The van der Waals surface area contributed by atoms with Gasteiger partial charge >= 0.3 is 0 Å². The van der Waals surface area contributed by atoms with Crippen LogP contribution >= 0.6 is 0 Å². The van der Waals surface area contributed by atoms with E-state index < -0.39 is 0 Å². The van der Waals surface area contributed by atoms with E-state index in [1.165, 1.54) is 66.8 Å². The number of allylic oxidation sites excluding steroid dienone is 2. The summed E-state index contributed by atoms with van der Waals surface area (Å²) in [5, 5.41) is 2.19. The van der Waals surface area contributed by atoms with Crippen LogP contribution in [0.15, 0.2) is 186 Å². The van der Waals surface area contributed by atoms with Crippen LogP contribution in [0.25, 0.3) is 66.4 Å². The molecular formula is C63H49NO2. The van der Waals surface area contributed by atoms with E-state index in [1.54, 1.807) is 0 Å². The molecule has 14 rings (SSSR count). The molecule has 1 aromatic heterocycles. The third-order valence-corrected chi connectivity index (χ3v) is 16.3. The average molecular weight is 852 g/mol. The summed E-state index contributed by atoms with van der Waals surface area (Å²) in [7, 11) is 0. The van der Waals surface area contributed by atoms with Crippen LogP contribution in [-0.2, 0) is 16.2 Å². The molecule has 8 aromatic carbocycles. The molecule has 2 heterocycles. The van der Waals surface area contributed by atoms with Gasteiger partial charge in [-0.2, -0.15) is 0 Å². The number of para-hydroxylation sites is 1. The lowest BCUT2D eigenvalue weighted by atomic mass is 9.80. The number of benzene rings is 8. The predicted octanol–water partition coefficient (Wildman–Crippen LogP) is 16.3. The van der Waals surface area contributed by atoms with Crippen LogP contribution in [0.3, 0.4) is 0 Å². The Labute approximate surface area is 386 Å². The number of hydrogen-bond donors (Lipinski definition) is 0. The Morgan fingerprint density at radius 2 is 0.970 bits per heavy atom. The number of anilines is 2. The van der Waals surface area contributed by atoms with E-state index >= 15 is 0 Å². The minimum absolute atomic E-state index is 0.117. The van der Waals surface area contributed by atoms with E-state index in [4.69, 9.17) is 9.15 Å². The van der Waals surface area contributed by atoms with Crippen molar-refractivity contribution in [2.45, 2.75) is 69.7 Å². The number of hydrogen-bond acceptors (Lipinski definition) is 3. The molecule has 2 unspecified atom stereocenters. The number of nitrogens with zero attached hydrogens (tertiary/aromatic N) is 1. The molecule has 1 aliphatic heterocycles. The number of fused-ring (bicyclic) bond motifs is 15. The Balaban J connectivity index is 0.988. The van der Waals surface area contributed by atoms with Gasteiger partial charge < -0.3 is 14.1 Å². The highest BCUT2D eigenvalue weighted by atomic mass is 16.5. The van der Waals surface area contributed by atoms with Gasteiger partial charge in [-0.3, -0.25) is 0 Å². The van der Waals surface area contributed by atoms with Crippen molar-refractivity contribution in [1.29, 1.82) is 0 Å². The van der Waals surface area contributed by atoms with E-state index in [0.717, 1.165) is 61.5 Å². The largest absolute Gasteiger partial charge is 0.460 e. The summed E-state index contributed by atoms with van der Waals surface area (Å²) >= 11 is 0. The van der Waals surface area contributed by atoms with Gasteiger partial charge in [0.05, 0.1) is 12.0 Å². The summed E-state index contributed by atoms with van der Waals surface area (Å²) in [6.07, 6.45) is 6.80. The topological polar surface area (TPSA) is 25.6 Å². The number of furan rings is 1. The molecule has 0 saturated heterocycles. The molecule has 3 heteroatoms. The molecule has 318 valence electrons. The Hall–Kier alpha value is -7.36. The van der Waals surface area contributed by atoms with Crippen LogP contribution < -0.4 is 9.64 Å². The van der Waals surface area contributed by atoms with Crippen LogP contribution in [0.5, 0.6) is 5.75 Å². The van der Waals surface area contributed by atoms with Crippen molar-refractivity contribution >= 4 is 33.3 Å². The summed E-state index contributed by atoms with van der Waals surface area (Å²) in [5.41, 5.74) is 23.1. The van der Waals surface area contributed by atoms with Gasteiger partial charge in [-0.1, -0.05) is 169 Å². The number of ether oxygens (including phenoxy) is 1. The average Bonchev–Trinajstić information content (AvgIpc) is 4.08. The smallest absolute Gasteiger partial charge is 0.139 e. The normalized spacial score (nSPS) is 19.0. The second-order valence-corrected chi connectivity index (χ2v) is 20.8. The molecule has 0 saturated carbocycles. The zero-order valence-electron chi connectivity index (χ0n) is 38.2. The van der Waals surface area contributed by atoms with Gasteiger partial charge in [-0.05, 0) is 121 Å². The molecule has 0 fully saturated rings. The molecule has 0 radical (unpaired) electrons. The first-order valence-corrected chi connectivity index (χ1v) is 23.6. The monoisotopic (exact) mass is 851 g/mol. The Kier molecular flexibility index (Phi) is 7.43. The summed E-state index contributed by atoms with van der Waals surface area (Å²) in [6.45, 7) is 14.2. The Morgan fingerprint density at radius 3 is 1.56 bits per heavy atom. The first-order chi connectivity index (χ1) is 32.0. The summed E-state index contributed by atoms with van der Waals surface area (Å²) in [5.74, 6) is 1.76. The Morgan fingerprint density at radius 1 is 0.470 bits per heavy atom. The fraction of sp³-hybridized carbons (Fsp3) is 0.175. The lowest BCUT2D eigenvalue weighted by Gasteiger charge is -2.38. The van der Waals surface area contributed by atoms with E-state index in [0.29, 0.717) is 0 Å². The minimum atomic E-state index is -0.153. The molecule has 0 N–H and O–H groups in total. The van der Waals surface area contributed by atoms with Crippen LogP contribution in [0.4, 0.5) is 11.4 Å². The number of rotatable bonds is 4. The van der Waals surface area contributed by atoms with Gasteiger partial charge in [0.1, 0.15) is 22.7 Å². The third kappa shape index (κ3) is 4.88. The fourth-order valence-electron chi connectivity index (χ4n) is 13.0. The van der Waals surface area contributed by atoms with Crippen LogP contribution in [-0.4, -0.2) is 6.04 Å². The van der Waals surface area contributed by atoms with Gasteiger partial charge in [0.25, 0.3) is 0 Å². The fourth-order valence-corrected chi connectivity index (χ4v) is 13.0. The van der Waals surface area contributed by atoms with Crippen LogP contribution in [0.1, 0.15) is 86.4 Å². The van der Waals surface area contributed by atoms with Crippen molar-refractivity contribution in [3.63, 3.8) is 0 Å². The van der Waals surface area contributed by atoms with Crippen molar-refractivity contribution in [2.75, 3.05) is 4.90 Å². The SMILES string of the molecule is CC1(C)c2ccccc2-c2ccc(-c3c4c(cc5oc6ccccc6c35)C3C(=CC=CC3N(c3ccc5c(c3)C(C)(C)c3ccccc3-5)c3ccc5c(c3)C(C)(C)c3ccccc3-5)O4)cc21. The molecule has 3 nitrogen and oxygen atoms in total. The third-order valence-electron chi connectivity index (χ3n) is 16.3. The van der Waals surface area contributed by atoms with Crippen molar-refractivity contribution in [1.82, 2.24) is 0 Å². The quantitative estimate of drug-likeness (QED) is 0.176. The van der Waals surface area contributed by atoms with Crippen molar-refractivity contribution < 1.29 is 9.15 Å². The Bertz CT molecular complexity index is 3580. The van der Waals surface area contributed by atoms with E-state index in [9.17, 15) is 0 Å². The lowest BCUT2D eigenvalue weighted by Crippen LogP contribution is -2.36. The van der Waals surface area contributed by atoms with Gasteiger partial charge in [0.15, 0.2) is 0 Å². The second-order valence-electron chi connectivity index (χ2n) is 20.8. The maximum Gasteiger partial charge on any atom is 0.139 e. The molecular weight excluding hydrogens is 803 g/mol. The maximum absolute atomic E-state index is 7.35. The van der Waals surface area contributed by atoms with Gasteiger partial charge in [-0.25, -0.2) is 0 Å².